The van der Waals surface area contributed by atoms with Crippen molar-refractivity contribution >= 4 is 5.97 Å². The summed E-state index contributed by atoms with van der Waals surface area (Å²) in [6.07, 6.45) is 2.09. The van der Waals surface area contributed by atoms with E-state index in [2.05, 4.69) is 0 Å². The molecule has 1 heterocycles. The van der Waals surface area contributed by atoms with E-state index in [0.717, 1.165) is 6.42 Å². The Morgan fingerprint density at radius 3 is 2.78 bits per heavy atom. The topological polar surface area (TPSA) is 78.1 Å². The van der Waals surface area contributed by atoms with Crippen LogP contribution in [0, 0.1) is 0 Å². The molecule has 1 aromatic rings. The minimum Gasteiger partial charge on any atom is -0.478 e. The van der Waals surface area contributed by atoms with Gasteiger partial charge in [-0.05, 0) is 12.5 Å². The van der Waals surface area contributed by atoms with Gasteiger partial charge in [-0.25, -0.2) is 4.79 Å². The number of rotatable bonds is 10. The summed E-state index contributed by atoms with van der Waals surface area (Å²) in [7, 11) is 1.62. The Kier molecular flexibility index (Phi) is 7.09. The van der Waals surface area contributed by atoms with Gasteiger partial charge in [0.05, 0.1) is 19.5 Å². The number of methoxy groups -OCH3 is 1. The lowest BCUT2D eigenvalue weighted by Crippen LogP contribution is -2.06. The number of ether oxygens (including phenoxy) is 3. The quantitative estimate of drug-likeness (QED) is 0.641. The van der Waals surface area contributed by atoms with Crippen molar-refractivity contribution in [3.63, 3.8) is 0 Å². The van der Waals surface area contributed by atoms with E-state index < -0.39 is 5.97 Å². The van der Waals surface area contributed by atoms with Gasteiger partial charge in [0.25, 0.3) is 0 Å². The normalized spacial score (nSPS) is 10.7. The summed E-state index contributed by atoms with van der Waals surface area (Å²) in [5.41, 5.74) is 0.145. The fourth-order valence-electron chi connectivity index (χ4n) is 1.32. The molecule has 0 saturated heterocycles. The first kappa shape index (κ1) is 14.7. The van der Waals surface area contributed by atoms with Crippen molar-refractivity contribution in [2.24, 2.45) is 0 Å². The summed E-state index contributed by atoms with van der Waals surface area (Å²) < 4.78 is 20.4. The van der Waals surface area contributed by atoms with Gasteiger partial charge < -0.3 is 23.7 Å². The molecule has 0 radical (unpaired) electrons. The van der Waals surface area contributed by atoms with Crippen LogP contribution in [0.5, 0.6) is 0 Å². The first-order chi connectivity index (χ1) is 8.75. The summed E-state index contributed by atoms with van der Waals surface area (Å²) in [6, 6.07) is 1.41. The number of furan rings is 1. The Balaban J connectivity index is 2.07. The van der Waals surface area contributed by atoms with Gasteiger partial charge >= 0.3 is 5.97 Å². The van der Waals surface area contributed by atoms with Gasteiger partial charge in [-0.3, -0.25) is 0 Å². The maximum atomic E-state index is 10.8. The summed E-state index contributed by atoms with van der Waals surface area (Å²) in [5, 5.41) is 8.83. The lowest BCUT2D eigenvalue weighted by Gasteiger charge is -2.04. The Morgan fingerprint density at radius 1 is 1.28 bits per heavy atom. The number of carbonyl (C=O) groups is 1. The van der Waals surface area contributed by atoms with E-state index >= 15 is 0 Å². The SMILES string of the molecule is COCCOCCCOCc1occc1C(=O)O. The molecule has 6 nitrogen and oxygen atoms in total. The number of carboxylic acids is 1. The second kappa shape index (κ2) is 8.68. The molecule has 0 aliphatic heterocycles. The molecular formula is C12H18O6. The molecule has 1 aromatic heterocycles. The molecule has 0 spiro atoms. The molecule has 0 aromatic carbocycles. The number of aromatic carboxylic acids is 1. The van der Waals surface area contributed by atoms with E-state index in [4.69, 9.17) is 23.7 Å². The Bertz CT molecular complexity index is 346. The van der Waals surface area contributed by atoms with Crippen molar-refractivity contribution in [2.75, 3.05) is 33.5 Å². The molecular weight excluding hydrogens is 240 g/mol. The molecule has 0 unspecified atom stereocenters. The van der Waals surface area contributed by atoms with Crippen LogP contribution < -0.4 is 0 Å². The van der Waals surface area contributed by atoms with E-state index in [0.29, 0.717) is 32.2 Å². The molecule has 1 rings (SSSR count). The predicted octanol–water partition coefficient (Wildman–Crippen LogP) is 1.55. The van der Waals surface area contributed by atoms with Crippen LogP contribution in [0.1, 0.15) is 22.5 Å². The fraction of sp³-hybridized carbons (Fsp3) is 0.583. The van der Waals surface area contributed by atoms with Gasteiger partial charge in [-0.1, -0.05) is 0 Å². The monoisotopic (exact) mass is 258 g/mol. The van der Waals surface area contributed by atoms with Gasteiger partial charge in [-0.15, -0.1) is 0 Å². The van der Waals surface area contributed by atoms with Gasteiger partial charge in [0.1, 0.15) is 17.9 Å². The third-order valence-electron chi connectivity index (χ3n) is 2.22. The fourth-order valence-corrected chi connectivity index (χ4v) is 1.32. The average Bonchev–Trinajstić information content (AvgIpc) is 2.81. The second-order valence-electron chi connectivity index (χ2n) is 3.57. The zero-order chi connectivity index (χ0) is 13.2. The molecule has 0 amide bonds. The minimum atomic E-state index is -1.01. The standard InChI is InChI=1S/C12H18O6/c1-15-7-8-16-4-2-5-17-9-11-10(12(13)14)3-6-18-11/h3,6H,2,4-5,7-9H2,1H3,(H,13,14). The molecule has 0 aliphatic carbocycles. The highest BCUT2D eigenvalue weighted by atomic mass is 16.5. The summed E-state index contributed by atoms with van der Waals surface area (Å²) in [4.78, 5) is 10.8. The van der Waals surface area contributed by atoms with Crippen LogP contribution in [-0.2, 0) is 20.8 Å². The summed E-state index contributed by atoms with van der Waals surface area (Å²) in [5.74, 6) is -0.673. The molecule has 0 aliphatic rings. The Hall–Kier alpha value is -1.37. The van der Waals surface area contributed by atoms with E-state index in [1.54, 1.807) is 7.11 Å². The molecule has 0 fully saturated rings. The lowest BCUT2D eigenvalue weighted by atomic mass is 10.2. The molecule has 0 atom stereocenters. The van der Waals surface area contributed by atoms with Crippen LogP contribution in [-0.4, -0.2) is 44.6 Å². The summed E-state index contributed by atoms with van der Waals surface area (Å²) in [6.45, 7) is 2.39. The van der Waals surface area contributed by atoms with Crippen molar-refractivity contribution in [3.05, 3.63) is 23.7 Å². The third-order valence-corrected chi connectivity index (χ3v) is 2.22. The molecule has 18 heavy (non-hydrogen) atoms. The van der Waals surface area contributed by atoms with E-state index in [-0.39, 0.29) is 12.2 Å². The van der Waals surface area contributed by atoms with Crippen LogP contribution in [0.2, 0.25) is 0 Å². The molecule has 0 bridgehead atoms. The molecule has 6 heteroatoms. The second-order valence-corrected chi connectivity index (χ2v) is 3.57. The molecule has 1 N–H and O–H groups in total. The van der Waals surface area contributed by atoms with Crippen molar-refractivity contribution in [1.82, 2.24) is 0 Å². The first-order valence-corrected chi connectivity index (χ1v) is 5.69. The highest BCUT2D eigenvalue weighted by Crippen LogP contribution is 2.11. The van der Waals surface area contributed by atoms with E-state index in [9.17, 15) is 4.79 Å². The van der Waals surface area contributed by atoms with Crippen LogP contribution in [0.15, 0.2) is 16.7 Å². The van der Waals surface area contributed by atoms with Crippen molar-refractivity contribution in [1.29, 1.82) is 0 Å². The zero-order valence-electron chi connectivity index (χ0n) is 10.4. The van der Waals surface area contributed by atoms with E-state index in [1.807, 2.05) is 0 Å². The van der Waals surface area contributed by atoms with Crippen molar-refractivity contribution in [2.45, 2.75) is 13.0 Å². The smallest absolute Gasteiger partial charge is 0.339 e. The van der Waals surface area contributed by atoms with Gasteiger partial charge in [0.2, 0.25) is 0 Å². The zero-order valence-corrected chi connectivity index (χ0v) is 10.4. The largest absolute Gasteiger partial charge is 0.478 e. The van der Waals surface area contributed by atoms with Crippen LogP contribution in [0.3, 0.4) is 0 Å². The maximum absolute atomic E-state index is 10.8. The number of hydrogen-bond acceptors (Lipinski definition) is 5. The highest BCUT2D eigenvalue weighted by molar-refractivity contribution is 5.88. The summed E-state index contributed by atoms with van der Waals surface area (Å²) >= 11 is 0. The van der Waals surface area contributed by atoms with Crippen LogP contribution in [0.25, 0.3) is 0 Å². The minimum absolute atomic E-state index is 0.145. The van der Waals surface area contributed by atoms with E-state index in [1.165, 1.54) is 12.3 Å². The average molecular weight is 258 g/mol. The predicted molar refractivity (Wildman–Crippen MR) is 62.6 cm³/mol. The van der Waals surface area contributed by atoms with Gasteiger partial charge in [0.15, 0.2) is 0 Å². The van der Waals surface area contributed by atoms with Gasteiger partial charge in [0, 0.05) is 20.3 Å². The number of carboxylic acid groups (broad SMARTS) is 1. The molecule has 102 valence electrons. The van der Waals surface area contributed by atoms with Crippen molar-refractivity contribution < 1.29 is 28.5 Å². The van der Waals surface area contributed by atoms with Crippen LogP contribution >= 0.6 is 0 Å². The van der Waals surface area contributed by atoms with Crippen molar-refractivity contribution in [3.8, 4) is 0 Å². The van der Waals surface area contributed by atoms with Crippen LogP contribution in [0.4, 0.5) is 0 Å². The third kappa shape index (κ3) is 5.31. The van der Waals surface area contributed by atoms with Gasteiger partial charge in [-0.2, -0.15) is 0 Å². The Morgan fingerprint density at radius 2 is 2.06 bits per heavy atom. The number of hydrogen-bond donors (Lipinski definition) is 1. The Labute approximate surface area is 105 Å². The first-order valence-electron chi connectivity index (χ1n) is 5.69. The highest BCUT2D eigenvalue weighted by Gasteiger charge is 2.12. The maximum Gasteiger partial charge on any atom is 0.339 e. The molecule has 0 saturated carbocycles. The lowest BCUT2D eigenvalue weighted by molar-refractivity contribution is 0.0446.